The summed E-state index contributed by atoms with van der Waals surface area (Å²) in [5.41, 5.74) is 2.25. The lowest BCUT2D eigenvalue weighted by Crippen LogP contribution is -2.32. The van der Waals surface area contributed by atoms with Gasteiger partial charge in [0.2, 0.25) is 5.91 Å². The molecular formula is C21H27N5O. The summed E-state index contributed by atoms with van der Waals surface area (Å²) in [6, 6.07) is 12.1. The van der Waals surface area contributed by atoms with Crippen molar-refractivity contribution in [3.05, 3.63) is 36.4 Å². The predicted molar refractivity (Wildman–Crippen MR) is 108 cm³/mol. The minimum atomic E-state index is 0.0546. The lowest BCUT2D eigenvalue weighted by molar-refractivity contribution is -0.122. The van der Waals surface area contributed by atoms with Crippen molar-refractivity contribution in [3.63, 3.8) is 0 Å². The lowest BCUT2D eigenvalue weighted by atomic mass is 9.85. The van der Waals surface area contributed by atoms with Crippen LogP contribution in [0.15, 0.2) is 36.4 Å². The van der Waals surface area contributed by atoms with Crippen LogP contribution in [0.3, 0.4) is 0 Å². The molecule has 1 saturated heterocycles. The van der Waals surface area contributed by atoms with E-state index in [0.717, 1.165) is 44.0 Å². The van der Waals surface area contributed by atoms with Crippen LogP contribution in [-0.4, -0.2) is 29.2 Å². The van der Waals surface area contributed by atoms with Crippen LogP contribution in [0.5, 0.6) is 0 Å². The number of nitrogens with zero attached hydrogens (tertiary/aromatic N) is 3. The fraction of sp³-hybridized carbons (Fsp3) is 0.476. The molecule has 0 atom stereocenters. The zero-order chi connectivity index (χ0) is 18.6. The minimum Gasteiger partial charge on any atom is -0.372 e. The second kappa shape index (κ2) is 7.94. The average molecular weight is 365 g/mol. The molecule has 27 heavy (non-hydrogen) atoms. The molecule has 2 aliphatic rings. The second-order valence-corrected chi connectivity index (χ2v) is 7.76. The SMILES string of the molecule is CC1CCN(c2ccc(Nc3ccc(NC(=O)C4CCC4)nn3)cc2)CC1. The minimum absolute atomic E-state index is 0.0546. The molecule has 1 amide bonds. The van der Waals surface area contributed by atoms with Crippen molar-refractivity contribution in [2.24, 2.45) is 11.8 Å². The first-order valence-corrected chi connectivity index (χ1v) is 9.94. The van der Waals surface area contributed by atoms with Crippen LogP contribution in [0.1, 0.15) is 39.0 Å². The number of carbonyl (C=O) groups excluding carboxylic acids is 1. The molecule has 1 saturated carbocycles. The number of rotatable bonds is 5. The largest absolute Gasteiger partial charge is 0.372 e. The first kappa shape index (κ1) is 17.8. The van der Waals surface area contributed by atoms with Gasteiger partial charge in [-0.15, -0.1) is 10.2 Å². The molecule has 6 nitrogen and oxygen atoms in total. The van der Waals surface area contributed by atoms with Gasteiger partial charge >= 0.3 is 0 Å². The van der Waals surface area contributed by atoms with Gasteiger partial charge in [-0.05, 0) is 68.0 Å². The normalized spacial score (nSPS) is 18.0. The molecule has 6 heteroatoms. The van der Waals surface area contributed by atoms with Crippen molar-refractivity contribution in [2.45, 2.75) is 39.0 Å². The maximum absolute atomic E-state index is 12.0. The summed E-state index contributed by atoms with van der Waals surface area (Å²) in [5, 5.41) is 14.4. The highest BCUT2D eigenvalue weighted by Gasteiger charge is 2.25. The van der Waals surface area contributed by atoms with E-state index in [1.54, 1.807) is 6.07 Å². The number of nitrogens with one attached hydrogen (secondary N) is 2. The molecule has 1 aromatic carbocycles. The molecule has 0 unspecified atom stereocenters. The Hall–Kier alpha value is -2.63. The Bertz CT molecular complexity index is 762. The van der Waals surface area contributed by atoms with E-state index in [1.165, 1.54) is 18.5 Å². The van der Waals surface area contributed by atoms with Gasteiger partial charge in [0.05, 0.1) is 0 Å². The van der Waals surface area contributed by atoms with Crippen molar-refractivity contribution >= 4 is 28.9 Å². The zero-order valence-electron chi connectivity index (χ0n) is 15.8. The van der Waals surface area contributed by atoms with E-state index in [2.05, 4.69) is 56.9 Å². The Labute approximate surface area is 160 Å². The predicted octanol–water partition coefficient (Wildman–Crippen LogP) is 4.20. The van der Waals surface area contributed by atoms with E-state index in [4.69, 9.17) is 0 Å². The highest BCUT2D eigenvalue weighted by molar-refractivity contribution is 5.92. The Balaban J connectivity index is 1.32. The quantitative estimate of drug-likeness (QED) is 0.831. The van der Waals surface area contributed by atoms with Crippen LogP contribution in [0, 0.1) is 11.8 Å². The van der Waals surface area contributed by atoms with Gasteiger partial charge in [-0.25, -0.2) is 0 Å². The summed E-state index contributed by atoms with van der Waals surface area (Å²) in [4.78, 5) is 14.4. The highest BCUT2D eigenvalue weighted by Crippen LogP contribution is 2.28. The molecule has 0 spiro atoms. The van der Waals surface area contributed by atoms with Gasteiger partial charge < -0.3 is 15.5 Å². The topological polar surface area (TPSA) is 70.2 Å². The van der Waals surface area contributed by atoms with Crippen LogP contribution in [0.4, 0.5) is 23.0 Å². The van der Waals surface area contributed by atoms with Crippen LogP contribution in [0.2, 0.25) is 0 Å². The molecule has 2 N–H and O–H groups in total. The Morgan fingerprint density at radius 2 is 1.63 bits per heavy atom. The third-order valence-corrected chi connectivity index (χ3v) is 5.68. The zero-order valence-corrected chi connectivity index (χ0v) is 15.8. The average Bonchev–Trinajstić information content (AvgIpc) is 2.63. The third kappa shape index (κ3) is 4.38. The summed E-state index contributed by atoms with van der Waals surface area (Å²) in [6.45, 7) is 4.59. The van der Waals surface area contributed by atoms with Crippen LogP contribution < -0.4 is 15.5 Å². The van der Waals surface area contributed by atoms with E-state index in [9.17, 15) is 4.79 Å². The van der Waals surface area contributed by atoms with Gasteiger partial charge in [0.1, 0.15) is 0 Å². The number of benzene rings is 1. The first-order chi connectivity index (χ1) is 13.2. The Morgan fingerprint density at radius 1 is 0.963 bits per heavy atom. The second-order valence-electron chi connectivity index (χ2n) is 7.76. The Kier molecular flexibility index (Phi) is 5.23. The van der Waals surface area contributed by atoms with Crippen LogP contribution in [0.25, 0.3) is 0 Å². The van der Waals surface area contributed by atoms with Crippen molar-refractivity contribution in [1.82, 2.24) is 10.2 Å². The smallest absolute Gasteiger partial charge is 0.228 e. The maximum atomic E-state index is 12.0. The van der Waals surface area contributed by atoms with E-state index in [1.807, 2.05) is 6.07 Å². The molecule has 2 fully saturated rings. The number of aromatic nitrogens is 2. The summed E-state index contributed by atoms with van der Waals surface area (Å²) >= 11 is 0. The van der Waals surface area contributed by atoms with Gasteiger partial charge in [0.25, 0.3) is 0 Å². The van der Waals surface area contributed by atoms with Gasteiger partial charge in [0.15, 0.2) is 11.6 Å². The monoisotopic (exact) mass is 365 g/mol. The van der Waals surface area contributed by atoms with Gasteiger partial charge in [-0.1, -0.05) is 13.3 Å². The maximum Gasteiger partial charge on any atom is 0.228 e. The van der Waals surface area contributed by atoms with E-state index >= 15 is 0 Å². The van der Waals surface area contributed by atoms with E-state index in [0.29, 0.717) is 11.6 Å². The van der Waals surface area contributed by atoms with Crippen molar-refractivity contribution in [3.8, 4) is 0 Å². The van der Waals surface area contributed by atoms with Crippen molar-refractivity contribution < 1.29 is 4.79 Å². The Morgan fingerprint density at radius 3 is 2.22 bits per heavy atom. The molecule has 2 heterocycles. The molecular weight excluding hydrogens is 338 g/mol. The fourth-order valence-electron chi connectivity index (χ4n) is 3.53. The molecule has 4 rings (SSSR count). The summed E-state index contributed by atoms with van der Waals surface area (Å²) in [6.07, 6.45) is 5.62. The van der Waals surface area contributed by atoms with Crippen molar-refractivity contribution in [2.75, 3.05) is 28.6 Å². The molecule has 142 valence electrons. The number of anilines is 4. The molecule has 2 aromatic rings. The summed E-state index contributed by atoms with van der Waals surface area (Å²) in [5.74, 6) is 2.20. The third-order valence-electron chi connectivity index (χ3n) is 5.68. The number of carbonyl (C=O) groups is 1. The standard InChI is InChI=1S/C21H27N5O/c1-15-11-13-26(14-12-15)18-7-5-17(6-8-18)22-19-9-10-20(25-24-19)23-21(27)16-3-2-4-16/h5-10,15-16H,2-4,11-14H2,1H3,(H,22,24)(H,23,25,27). The molecule has 1 aliphatic carbocycles. The first-order valence-electron chi connectivity index (χ1n) is 9.94. The number of hydrogen-bond donors (Lipinski definition) is 2. The lowest BCUT2D eigenvalue weighted by Gasteiger charge is -2.32. The van der Waals surface area contributed by atoms with Gasteiger partial charge in [-0.2, -0.15) is 0 Å². The van der Waals surface area contributed by atoms with Crippen LogP contribution in [-0.2, 0) is 4.79 Å². The fourth-order valence-corrected chi connectivity index (χ4v) is 3.53. The van der Waals surface area contributed by atoms with E-state index < -0.39 is 0 Å². The summed E-state index contributed by atoms with van der Waals surface area (Å²) in [7, 11) is 0. The molecule has 1 aromatic heterocycles. The number of hydrogen-bond acceptors (Lipinski definition) is 5. The van der Waals surface area contributed by atoms with E-state index in [-0.39, 0.29) is 11.8 Å². The number of piperidine rings is 1. The number of amides is 1. The molecule has 0 bridgehead atoms. The van der Waals surface area contributed by atoms with Gasteiger partial charge in [-0.3, -0.25) is 4.79 Å². The van der Waals surface area contributed by atoms with Crippen LogP contribution >= 0.6 is 0 Å². The van der Waals surface area contributed by atoms with Crippen molar-refractivity contribution in [1.29, 1.82) is 0 Å². The highest BCUT2D eigenvalue weighted by atomic mass is 16.2. The molecule has 0 radical (unpaired) electrons. The summed E-state index contributed by atoms with van der Waals surface area (Å²) < 4.78 is 0. The van der Waals surface area contributed by atoms with Gasteiger partial charge in [0, 0.05) is 30.4 Å². The molecule has 1 aliphatic heterocycles.